The number of hydrogen-bond donors (Lipinski definition) is 0. The Kier molecular flexibility index (Phi) is 5.14. The van der Waals surface area contributed by atoms with E-state index < -0.39 is 0 Å². The van der Waals surface area contributed by atoms with Gasteiger partial charge < -0.3 is 9.64 Å². The molecule has 4 nitrogen and oxygen atoms in total. The summed E-state index contributed by atoms with van der Waals surface area (Å²) in [5, 5.41) is 2.08. The number of hydrogen-bond acceptors (Lipinski definition) is 5. The predicted octanol–water partition coefficient (Wildman–Crippen LogP) is 3.72. The van der Waals surface area contributed by atoms with E-state index >= 15 is 0 Å². The quantitative estimate of drug-likeness (QED) is 0.767. The number of carbonyl (C=O) groups is 1. The Balaban J connectivity index is 2.21. The van der Waals surface area contributed by atoms with Gasteiger partial charge in [0, 0.05) is 19.8 Å². The van der Waals surface area contributed by atoms with Crippen molar-refractivity contribution in [2.75, 3.05) is 18.6 Å². The van der Waals surface area contributed by atoms with Crippen LogP contribution in [0.4, 0.5) is 5.82 Å². The summed E-state index contributed by atoms with van der Waals surface area (Å²) in [5.41, 5.74) is 1.66. The van der Waals surface area contributed by atoms with Crippen molar-refractivity contribution in [2.24, 2.45) is 0 Å². The molecule has 0 aliphatic heterocycles. The zero-order valence-corrected chi connectivity index (χ0v) is 13.7. The molecule has 0 radical (unpaired) electrons. The van der Waals surface area contributed by atoms with Crippen LogP contribution in [0.25, 0.3) is 0 Å². The van der Waals surface area contributed by atoms with E-state index in [1.54, 1.807) is 36.6 Å². The highest BCUT2D eigenvalue weighted by Gasteiger charge is 2.16. The van der Waals surface area contributed by atoms with Crippen molar-refractivity contribution in [1.82, 2.24) is 4.98 Å². The van der Waals surface area contributed by atoms with Gasteiger partial charge in [-0.2, -0.15) is 0 Å². The van der Waals surface area contributed by atoms with Crippen LogP contribution in [0.2, 0.25) is 0 Å². The predicted molar refractivity (Wildman–Crippen MR) is 84.3 cm³/mol. The van der Waals surface area contributed by atoms with Crippen LogP contribution in [0.5, 0.6) is 0 Å². The second kappa shape index (κ2) is 6.85. The molecule has 0 aliphatic carbocycles. The zero-order chi connectivity index (χ0) is 14.5. The fraction of sp³-hybridized carbons (Fsp3) is 0.286. The second-order valence-corrected chi connectivity index (χ2v) is 6.50. The summed E-state index contributed by atoms with van der Waals surface area (Å²) in [7, 11) is 1.91. The number of ether oxygens (including phenoxy) is 1. The van der Waals surface area contributed by atoms with E-state index in [0.29, 0.717) is 24.5 Å². The van der Waals surface area contributed by atoms with Crippen LogP contribution < -0.4 is 4.90 Å². The second-order valence-electron chi connectivity index (χ2n) is 4.21. The first-order valence-electron chi connectivity index (χ1n) is 6.18. The number of thiophene rings is 1. The summed E-state index contributed by atoms with van der Waals surface area (Å²) in [6.07, 6.45) is 1.68. The highest BCUT2D eigenvalue weighted by Crippen LogP contribution is 2.24. The first-order valence-corrected chi connectivity index (χ1v) is 7.85. The summed E-state index contributed by atoms with van der Waals surface area (Å²) in [6, 6.07) is 5.54. The largest absolute Gasteiger partial charge is 0.462 e. The third-order valence-corrected chi connectivity index (χ3v) is 4.24. The van der Waals surface area contributed by atoms with Crippen LogP contribution in [-0.4, -0.2) is 24.6 Å². The van der Waals surface area contributed by atoms with Gasteiger partial charge in [0.05, 0.1) is 10.4 Å². The van der Waals surface area contributed by atoms with E-state index in [2.05, 4.69) is 32.4 Å². The van der Waals surface area contributed by atoms with E-state index in [4.69, 9.17) is 4.74 Å². The number of anilines is 1. The summed E-state index contributed by atoms with van der Waals surface area (Å²) in [6.45, 7) is 2.83. The maximum Gasteiger partial charge on any atom is 0.341 e. The number of esters is 1. The number of pyridine rings is 1. The summed E-state index contributed by atoms with van der Waals surface area (Å²) in [4.78, 5) is 18.2. The van der Waals surface area contributed by atoms with Crippen molar-refractivity contribution < 1.29 is 9.53 Å². The van der Waals surface area contributed by atoms with Crippen molar-refractivity contribution >= 4 is 39.1 Å². The molecule has 20 heavy (non-hydrogen) atoms. The van der Waals surface area contributed by atoms with Gasteiger partial charge in [-0.1, -0.05) is 0 Å². The molecule has 2 aromatic heterocycles. The summed E-state index contributed by atoms with van der Waals surface area (Å²) >= 11 is 5.08. The molecule has 0 N–H and O–H groups in total. The van der Waals surface area contributed by atoms with Gasteiger partial charge in [-0.3, -0.25) is 0 Å². The number of rotatable bonds is 5. The smallest absolute Gasteiger partial charge is 0.341 e. The highest BCUT2D eigenvalue weighted by molar-refractivity contribution is 9.11. The molecule has 0 aromatic carbocycles. The number of nitrogens with zero attached hydrogens (tertiary/aromatic N) is 2. The lowest BCUT2D eigenvalue weighted by molar-refractivity contribution is 0.0526. The van der Waals surface area contributed by atoms with Gasteiger partial charge in [-0.25, -0.2) is 9.78 Å². The SMILES string of the molecule is CCOC(=O)c1cccnc1N(C)Cc1csc(Br)c1. The maximum absolute atomic E-state index is 11.9. The lowest BCUT2D eigenvalue weighted by Gasteiger charge is -2.19. The Labute approximate surface area is 130 Å². The molecule has 0 saturated heterocycles. The van der Waals surface area contributed by atoms with Crippen LogP contribution in [-0.2, 0) is 11.3 Å². The van der Waals surface area contributed by atoms with Crippen molar-refractivity contribution in [2.45, 2.75) is 13.5 Å². The fourth-order valence-corrected chi connectivity index (χ4v) is 3.05. The minimum Gasteiger partial charge on any atom is -0.462 e. The lowest BCUT2D eigenvalue weighted by atomic mass is 10.2. The third-order valence-electron chi connectivity index (χ3n) is 2.69. The molecule has 2 aromatic rings. The molecular formula is C14H15BrN2O2S. The first-order chi connectivity index (χ1) is 9.61. The van der Waals surface area contributed by atoms with Crippen molar-refractivity contribution in [3.8, 4) is 0 Å². The Hall–Kier alpha value is -1.40. The molecule has 0 atom stereocenters. The third kappa shape index (κ3) is 3.58. The molecule has 2 rings (SSSR count). The molecule has 0 fully saturated rings. The van der Waals surface area contributed by atoms with Gasteiger partial charge in [-0.15, -0.1) is 11.3 Å². The molecule has 0 amide bonds. The van der Waals surface area contributed by atoms with E-state index in [-0.39, 0.29) is 5.97 Å². The van der Waals surface area contributed by atoms with Gasteiger partial charge in [0.15, 0.2) is 0 Å². The molecule has 0 spiro atoms. The van der Waals surface area contributed by atoms with Crippen LogP contribution >= 0.6 is 27.3 Å². The van der Waals surface area contributed by atoms with E-state index in [9.17, 15) is 4.79 Å². The average molecular weight is 355 g/mol. The van der Waals surface area contributed by atoms with Gasteiger partial charge >= 0.3 is 5.97 Å². The zero-order valence-electron chi connectivity index (χ0n) is 11.3. The monoisotopic (exact) mass is 354 g/mol. The van der Waals surface area contributed by atoms with Crippen molar-refractivity contribution in [3.63, 3.8) is 0 Å². The van der Waals surface area contributed by atoms with Gasteiger partial charge in [0.25, 0.3) is 0 Å². The Morgan fingerprint density at radius 3 is 3.00 bits per heavy atom. The van der Waals surface area contributed by atoms with Gasteiger partial charge in [0.2, 0.25) is 0 Å². The number of aromatic nitrogens is 1. The fourth-order valence-electron chi connectivity index (χ4n) is 1.85. The minimum atomic E-state index is -0.339. The van der Waals surface area contributed by atoms with Gasteiger partial charge in [-0.05, 0) is 52.0 Å². The molecular weight excluding hydrogens is 340 g/mol. The molecule has 2 heterocycles. The molecule has 106 valence electrons. The van der Waals surface area contributed by atoms with E-state index in [1.807, 2.05) is 11.9 Å². The van der Waals surface area contributed by atoms with Crippen molar-refractivity contribution in [1.29, 1.82) is 0 Å². The highest BCUT2D eigenvalue weighted by atomic mass is 79.9. The van der Waals surface area contributed by atoms with Crippen LogP contribution in [0, 0.1) is 0 Å². The summed E-state index contributed by atoms with van der Waals surface area (Å²) in [5.74, 6) is 0.294. The standard InChI is InChI=1S/C14H15BrN2O2S/c1-3-19-14(18)11-5-4-6-16-13(11)17(2)8-10-7-12(15)20-9-10/h4-7,9H,3,8H2,1-2H3. The Morgan fingerprint density at radius 1 is 1.55 bits per heavy atom. The maximum atomic E-state index is 11.9. The topological polar surface area (TPSA) is 42.4 Å². The summed E-state index contributed by atoms with van der Waals surface area (Å²) < 4.78 is 6.15. The lowest BCUT2D eigenvalue weighted by Crippen LogP contribution is -2.21. The van der Waals surface area contributed by atoms with E-state index in [0.717, 1.165) is 3.79 Å². The molecule has 0 saturated carbocycles. The molecule has 0 aliphatic rings. The minimum absolute atomic E-state index is 0.339. The van der Waals surface area contributed by atoms with Crippen molar-refractivity contribution in [3.05, 3.63) is 44.7 Å². The molecule has 0 bridgehead atoms. The number of carbonyl (C=O) groups excluding carboxylic acids is 1. The van der Waals surface area contributed by atoms with Crippen LogP contribution in [0.1, 0.15) is 22.8 Å². The molecule has 0 unspecified atom stereocenters. The normalized spacial score (nSPS) is 10.3. The van der Waals surface area contributed by atoms with Crippen LogP contribution in [0.15, 0.2) is 33.6 Å². The van der Waals surface area contributed by atoms with Gasteiger partial charge in [0.1, 0.15) is 11.4 Å². The van der Waals surface area contributed by atoms with Crippen LogP contribution in [0.3, 0.4) is 0 Å². The van der Waals surface area contributed by atoms with E-state index in [1.165, 1.54) is 5.56 Å². The Morgan fingerprint density at radius 2 is 2.35 bits per heavy atom. The average Bonchev–Trinajstić information content (AvgIpc) is 2.84. The first kappa shape index (κ1) is 15.0. The Bertz CT molecular complexity index is 600. The molecule has 6 heteroatoms. The number of halogens is 1.